The molecule has 0 aromatic rings. The van der Waals surface area contributed by atoms with Crippen molar-refractivity contribution in [2.24, 2.45) is 0 Å². The first-order valence-electron chi connectivity index (χ1n) is 6.27. The fraction of sp³-hybridized carbons (Fsp3) is 0.294. The minimum atomic E-state index is -0.928. The van der Waals surface area contributed by atoms with E-state index >= 15 is 0 Å². The van der Waals surface area contributed by atoms with Gasteiger partial charge in [-0.3, -0.25) is 9.59 Å². The van der Waals surface area contributed by atoms with Crippen LogP contribution in [0, 0.1) is 23.7 Å². The minimum absolute atomic E-state index is 0.507. The van der Waals surface area contributed by atoms with Crippen LogP contribution in [0.4, 0.5) is 0 Å². The second-order valence-corrected chi connectivity index (χ2v) is 3.76. The number of hydrogen-bond acceptors (Lipinski definition) is 4. The number of ether oxygens (including phenoxy) is 2. The molecular formula is C17H18O4. The summed E-state index contributed by atoms with van der Waals surface area (Å²) in [6, 6.07) is 0. The van der Waals surface area contributed by atoms with Crippen LogP contribution in [0.15, 0.2) is 37.0 Å². The average molecular weight is 286 g/mol. The molecule has 2 atom stereocenters. The van der Waals surface area contributed by atoms with Gasteiger partial charge in [0.15, 0.2) is 6.10 Å². The lowest BCUT2D eigenvalue weighted by Crippen LogP contribution is -2.31. The maximum Gasteiger partial charge on any atom is 0.304 e. The van der Waals surface area contributed by atoms with Crippen molar-refractivity contribution in [2.45, 2.75) is 33.0 Å². The van der Waals surface area contributed by atoms with E-state index in [4.69, 9.17) is 9.47 Å². The summed E-state index contributed by atoms with van der Waals surface area (Å²) < 4.78 is 10.1. The quantitative estimate of drug-likeness (QED) is 0.441. The van der Waals surface area contributed by atoms with Crippen LogP contribution in [-0.2, 0) is 19.1 Å². The number of rotatable bonds is 5. The summed E-state index contributed by atoms with van der Waals surface area (Å²) in [5.74, 6) is 9.45. The molecule has 0 rings (SSSR count). The SMILES string of the molecule is C=C/C=C/[C@H](OC(C)=O)[C@H](C#CC#C/C=C/C)OC(C)=O. The zero-order valence-corrected chi connectivity index (χ0v) is 12.4. The third kappa shape index (κ3) is 9.81. The molecule has 0 fully saturated rings. The molecule has 0 aromatic heterocycles. The highest BCUT2D eigenvalue weighted by molar-refractivity contribution is 5.68. The Kier molecular flexibility index (Phi) is 9.69. The maximum absolute atomic E-state index is 11.1. The molecule has 4 nitrogen and oxygen atoms in total. The highest BCUT2D eigenvalue weighted by atomic mass is 16.6. The number of hydrogen-bond donors (Lipinski definition) is 0. The van der Waals surface area contributed by atoms with Crippen molar-refractivity contribution in [1.82, 2.24) is 0 Å². The summed E-state index contributed by atoms with van der Waals surface area (Å²) >= 11 is 0. The Hall–Kier alpha value is -2.72. The van der Waals surface area contributed by atoms with Crippen LogP contribution in [0.2, 0.25) is 0 Å². The molecule has 0 heterocycles. The van der Waals surface area contributed by atoms with Gasteiger partial charge in [-0.25, -0.2) is 0 Å². The van der Waals surface area contributed by atoms with Crippen LogP contribution in [0.5, 0.6) is 0 Å². The summed E-state index contributed by atoms with van der Waals surface area (Å²) in [5, 5.41) is 0. The summed E-state index contributed by atoms with van der Waals surface area (Å²) in [5.41, 5.74) is 0. The van der Waals surface area contributed by atoms with Crippen LogP contribution in [0.3, 0.4) is 0 Å². The van der Waals surface area contributed by atoms with E-state index < -0.39 is 24.1 Å². The number of allylic oxidation sites excluding steroid dienone is 4. The number of carbonyl (C=O) groups excluding carboxylic acids is 2. The first kappa shape index (κ1) is 18.3. The third-order valence-electron chi connectivity index (χ3n) is 1.93. The Labute approximate surface area is 125 Å². The van der Waals surface area contributed by atoms with Gasteiger partial charge in [-0.1, -0.05) is 30.7 Å². The van der Waals surface area contributed by atoms with E-state index in [0.717, 1.165) is 0 Å². The molecule has 0 radical (unpaired) electrons. The molecule has 21 heavy (non-hydrogen) atoms. The predicted octanol–water partition coefficient (Wildman–Crippen LogP) is 2.17. The topological polar surface area (TPSA) is 52.6 Å². The van der Waals surface area contributed by atoms with Crippen molar-refractivity contribution in [2.75, 3.05) is 0 Å². The first-order valence-corrected chi connectivity index (χ1v) is 6.27. The molecule has 4 heteroatoms. The lowest BCUT2D eigenvalue weighted by molar-refractivity contribution is -0.157. The van der Waals surface area contributed by atoms with Crippen molar-refractivity contribution in [3.8, 4) is 23.7 Å². The molecule has 0 bridgehead atoms. The van der Waals surface area contributed by atoms with Crippen LogP contribution in [0.25, 0.3) is 0 Å². The lowest BCUT2D eigenvalue weighted by atomic mass is 10.2. The molecule has 0 aliphatic heterocycles. The average Bonchev–Trinajstić information content (AvgIpc) is 2.41. The highest BCUT2D eigenvalue weighted by Gasteiger charge is 2.22. The zero-order valence-electron chi connectivity index (χ0n) is 12.4. The lowest BCUT2D eigenvalue weighted by Gasteiger charge is -2.19. The number of carbonyl (C=O) groups is 2. The monoisotopic (exact) mass is 286 g/mol. The Morgan fingerprint density at radius 1 is 1.14 bits per heavy atom. The first-order chi connectivity index (χ1) is 10.0. The number of esters is 2. The second kappa shape index (κ2) is 11.1. The molecule has 0 saturated carbocycles. The van der Waals surface area contributed by atoms with Gasteiger partial charge in [-0.2, -0.15) is 0 Å². The van der Waals surface area contributed by atoms with Crippen molar-refractivity contribution in [1.29, 1.82) is 0 Å². The van der Waals surface area contributed by atoms with Gasteiger partial charge in [0.2, 0.25) is 6.10 Å². The van der Waals surface area contributed by atoms with Crippen LogP contribution in [0.1, 0.15) is 20.8 Å². The maximum atomic E-state index is 11.1. The van der Waals surface area contributed by atoms with Gasteiger partial charge in [-0.15, -0.1) is 0 Å². The zero-order chi connectivity index (χ0) is 16.1. The van der Waals surface area contributed by atoms with Crippen molar-refractivity contribution in [3.05, 3.63) is 37.0 Å². The molecule has 0 N–H and O–H groups in total. The Morgan fingerprint density at radius 2 is 1.81 bits per heavy atom. The molecule has 0 unspecified atom stereocenters. The van der Waals surface area contributed by atoms with Crippen molar-refractivity contribution in [3.63, 3.8) is 0 Å². The van der Waals surface area contributed by atoms with Gasteiger partial charge >= 0.3 is 11.9 Å². The fourth-order valence-electron chi connectivity index (χ4n) is 1.21. The smallest absolute Gasteiger partial charge is 0.304 e. The molecule has 0 aromatic carbocycles. The normalized spacial score (nSPS) is 12.5. The second-order valence-electron chi connectivity index (χ2n) is 3.76. The summed E-state index contributed by atoms with van der Waals surface area (Å²) in [6.07, 6.45) is 6.29. The third-order valence-corrected chi connectivity index (χ3v) is 1.93. The molecule has 0 aliphatic rings. The van der Waals surface area contributed by atoms with E-state index in [2.05, 4.69) is 30.3 Å². The molecule has 0 amide bonds. The molecular weight excluding hydrogens is 268 g/mol. The molecule has 110 valence electrons. The van der Waals surface area contributed by atoms with Gasteiger partial charge in [0.25, 0.3) is 0 Å². The van der Waals surface area contributed by atoms with E-state index in [1.807, 2.05) is 6.92 Å². The van der Waals surface area contributed by atoms with Gasteiger partial charge in [0.1, 0.15) is 0 Å². The van der Waals surface area contributed by atoms with E-state index in [1.165, 1.54) is 26.0 Å². The largest absolute Gasteiger partial charge is 0.453 e. The Bertz CT molecular complexity index is 547. The standard InChI is InChI=1S/C17H18O4/c1-5-7-9-10-11-13-17(21-15(4)19)16(12-8-6-2)20-14(3)18/h5-8,12,16-17H,2H2,1,3-4H3/b7-5+,12-8+/t16-,17-/m0/s1. The minimum Gasteiger partial charge on any atom is -0.453 e. The van der Waals surface area contributed by atoms with Crippen molar-refractivity contribution >= 4 is 11.9 Å². The summed E-state index contributed by atoms with van der Waals surface area (Å²) in [6.45, 7) is 7.88. The summed E-state index contributed by atoms with van der Waals surface area (Å²) in [4.78, 5) is 22.2. The van der Waals surface area contributed by atoms with Gasteiger partial charge in [-0.05, 0) is 36.8 Å². The van der Waals surface area contributed by atoms with Gasteiger partial charge in [0.05, 0.1) is 0 Å². The van der Waals surface area contributed by atoms with Crippen LogP contribution < -0.4 is 0 Å². The Morgan fingerprint density at radius 3 is 2.33 bits per heavy atom. The highest BCUT2D eigenvalue weighted by Crippen LogP contribution is 2.07. The van der Waals surface area contributed by atoms with Gasteiger partial charge < -0.3 is 9.47 Å². The molecule has 0 spiro atoms. The van der Waals surface area contributed by atoms with E-state index in [-0.39, 0.29) is 0 Å². The van der Waals surface area contributed by atoms with Crippen LogP contribution >= 0.6 is 0 Å². The van der Waals surface area contributed by atoms with Crippen LogP contribution in [-0.4, -0.2) is 24.1 Å². The van der Waals surface area contributed by atoms with E-state index in [9.17, 15) is 9.59 Å². The summed E-state index contributed by atoms with van der Waals surface area (Å²) in [7, 11) is 0. The predicted molar refractivity (Wildman–Crippen MR) is 80.8 cm³/mol. The Balaban J connectivity index is 5.25. The van der Waals surface area contributed by atoms with Crippen molar-refractivity contribution < 1.29 is 19.1 Å². The van der Waals surface area contributed by atoms with E-state index in [0.29, 0.717) is 0 Å². The fourth-order valence-corrected chi connectivity index (χ4v) is 1.21. The van der Waals surface area contributed by atoms with Gasteiger partial charge in [0, 0.05) is 13.8 Å². The molecule has 0 aliphatic carbocycles. The molecule has 0 saturated heterocycles. The van der Waals surface area contributed by atoms with E-state index in [1.54, 1.807) is 18.2 Å².